The molecule has 0 amide bonds. The molecule has 0 aromatic carbocycles. The summed E-state index contributed by atoms with van der Waals surface area (Å²) in [5.74, 6) is -11.0. The minimum atomic E-state index is -2.35. The first-order valence-corrected chi connectivity index (χ1v) is 17.9. The van der Waals surface area contributed by atoms with Crippen LogP contribution in [-0.2, 0) is 61.9 Å². The molecule has 3 heterocycles. The van der Waals surface area contributed by atoms with Crippen molar-refractivity contribution in [3.05, 3.63) is 36.3 Å². The molecule has 2 saturated heterocycles. The Hall–Kier alpha value is -4.12. The van der Waals surface area contributed by atoms with Gasteiger partial charge in [-0.2, -0.15) is 0 Å². The van der Waals surface area contributed by atoms with Crippen LogP contribution in [0, 0.1) is 28.6 Å². The number of ether oxygens (including phenoxy) is 7. The van der Waals surface area contributed by atoms with E-state index >= 15 is 0 Å². The van der Waals surface area contributed by atoms with Crippen LogP contribution in [0.3, 0.4) is 0 Å². The zero-order valence-electron chi connectivity index (χ0n) is 31.8. The summed E-state index contributed by atoms with van der Waals surface area (Å²) in [6, 6.07) is 1.62. The molecule has 0 spiro atoms. The van der Waals surface area contributed by atoms with Crippen LogP contribution in [0.15, 0.2) is 35.2 Å². The van der Waals surface area contributed by atoms with Gasteiger partial charge < -0.3 is 47.8 Å². The number of Topliss-reactive ketones (excluding diaryl/α,β-unsaturated/α-hetero) is 1. The number of furan rings is 1. The van der Waals surface area contributed by atoms with Gasteiger partial charge in [-0.15, -0.1) is 0 Å². The Labute approximate surface area is 312 Å². The van der Waals surface area contributed by atoms with Crippen LogP contribution < -0.4 is 0 Å². The highest BCUT2D eigenvalue weighted by atomic mass is 16.9. The van der Waals surface area contributed by atoms with Crippen molar-refractivity contribution in [2.75, 3.05) is 13.7 Å². The Kier molecular flexibility index (Phi) is 11.0. The predicted octanol–water partition coefficient (Wildman–Crippen LogP) is 2.66. The molecule has 2 saturated carbocycles. The van der Waals surface area contributed by atoms with E-state index < -0.39 is 119 Å². The van der Waals surface area contributed by atoms with Crippen LogP contribution in [0.4, 0.5) is 0 Å². The van der Waals surface area contributed by atoms with Crippen LogP contribution in [0.2, 0.25) is 0 Å². The van der Waals surface area contributed by atoms with Gasteiger partial charge in [-0.05, 0) is 37.0 Å². The summed E-state index contributed by atoms with van der Waals surface area (Å²) in [6.07, 6.45) is -4.13. The highest BCUT2D eigenvalue weighted by molar-refractivity contribution is 6.34. The lowest BCUT2D eigenvalue weighted by molar-refractivity contribution is -0.328. The maximum absolute atomic E-state index is 13.9. The van der Waals surface area contributed by atoms with Crippen molar-refractivity contribution in [1.82, 2.24) is 0 Å². The molecule has 2 N–H and O–H groups in total. The molecular formula is C38H50O16. The van der Waals surface area contributed by atoms with Crippen LogP contribution >= 0.6 is 0 Å². The molecular weight excluding hydrogens is 712 g/mol. The van der Waals surface area contributed by atoms with Crippen LogP contribution in [-0.4, -0.2) is 102 Å². The smallest absolute Gasteiger partial charge is 0.375 e. The average molecular weight is 763 g/mol. The first kappa shape index (κ1) is 41.1. The van der Waals surface area contributed by atoms with Crippen molar-refractivity contribution in [2.24, 2.45) is 28.6 Å². The Balaban J connectivity index is 1.86. The highest BCUT2D eigenvalue weighted by Gasteiger charge is 2.79. The SMILES string of the molecule is C=C1C(C2(C)C(OC(C)=O)CC3(O)OCC(C)(O3)C2CC(=O)OC)C(OC=O)C(OC(=O)C(=O)C(C)CC)C2(C)C(c3ccoc3)CC(OC(C)=O)C12O. The molecule has 2 bridgehead atoms. The number of ketones is 1. The lowest BCUT2D eigenvalue weighted by atomic mass is 9.46. The number of hydrogen-bond donors (Lipinski definition) is 2. The van der Waals surface area contributed by atoms with Crippen molar-refractivity contribution in [3.8, 4) is 0 Å². The van der Waals surface area contributed by atoms with Crippen molar-refractivity contribution in [1.29, 1.82) is 0 Å². The Bertz CT molecular complexity index is 1670. The average Bonchev–Trinajstić information content (AvgIpc) is 3.79. The van der Waals surface area contributed by atoms with Crippen molar-refractivity contribution >= 4 is 36.1 Å². The summed E-state index contributed by atoms with van der Waals surface area (Å²) < 4.78 is 46.2. The fourth-order valence-corrected chi connectivity index (χ4v) is 9.90. The minimum Gasteiger partial charge on any atom is -0.472 e. The maximum atomic E-state index is 13.9. The van der Waals surface area contributed by atoms with E-state index in [1.54, 1.807) is 40.7 Å². The summed E-state index contributed by atoms with van der Waals surface area (Å²) in [4.78, 5) is 78.8. The fraction of sp³-hybridized carbons (Fsp3) is 0.684. The number of carbonyl (C=O) groups is 6. The van der Waals surface area contributed by atoms with E-state index in [9.17, 15) is 39.0 Å². The first-order chi connectivity index (χ1) is 25.2. The van der Waals surface area contributed by atoms with E-state index in [4.69, 9.17) is 37.6 Å². The van der Waals surface area contributed by atoms with Gasteiger partial charge in [0.25, 0.3) is 12.4 Å². The Morgan fingerprint density at radius 2 is 1.70 bits per heavy atom. The van der Waals surface area contributed by atoms with Crippen LogP contribution in [0.25, 0.3) is 0 Å². The zero-order valence-corrected chi connectivity index (χ0v) is 31.8. The van der Waals surface area contributed by atoms with Gasteiger partial charge >= 0.3 is 23.9 Å². The topological polar surface area (TPSA) is 221 Å². The largest absolute Gasteiger partial charge is 0.472 e. The van der Waals surface area contributed by atoms with Crippen LogP contribution in [0.5, 0.6) is 0 Å². The molecule has 4 aliphatic rings. The molecule has 1 aromatic rings. The molecule has 16 heteroatoms. The molecule has 16 nitrogen and oxygen atoms in total. The summed E-state index contributed by atoms with van der Waals surface area (Å²) in [7, 11) is 1.17. The molecule has 13 atom stereocenters. The highest BCUT2D eigenvalue weighted by Crippen LogP contribution is 2.70. The quantitative estimate of drug-likeness (QED) is 0.103. The fourth-order valence-electron chi connectivity index (χ4n) is 9.90. The number of fused-ring (bicyclic) bond motifs is 3. The normalized spacial score (nSPS) is 40.4. The number of rotatable bonds is 12. The second kappa shape index (κ2) is 14.5. The third-order valence-corrected chi connectivity index (χ3v) is 12.7. The van der Waals surface area contributed by atoms with Gasteiger partial charge in [0.15, 0.2) is 0 Å². The summed E-state index contributed by atoms with van der Waals surface area (Å²) >= 11 is 0. The zero-order chi connectivity index (χ0) is 40.2. The lowest BCUT2D eigenvalue weighted by Gasteiger charge is -2.62. The summed E-state index contributed by atoms with van der Waals surface area (Å²) in [5, 5.41) is 25.0. The molecule has 2 aliphatic carbocycles. The molecule has 5 rings (SSSR count). The molecule has 2 aliphatic heterocycles. The number of esters is 4. The number of hydrogen-bond acceptors (Lipinski definition) is 16. The van der Waals surface area contributed by atoms with Crippen molar-refractivity contribution < 1.29 is 76.6 Å². The summed E-state index contributed by atoms with van der Waals surface area (Å²) in [6.45, 7) is 14.5. The number of methoxy groups -OCH3 is 1. The maximum Gasteiger partial charge on any atom is 0.375 e. The van der Waals surface area contributed by atoms with E-state index in [2.05, 4.69) is 6.58 Å². The molecule has 1 aromatic heterocycles. The van der Waals surface area contributed by atoms with Gasteiger partial charge in [0.1, 0.15) is 30.0 Å². The molecule has 0 radical (unpaired) electrons. The minimum absolute atomic E-state index is 0.0802. The molecule has 298 valence electrons. The monoisotopic (exact) mass is 762 g/mol. The van der Waals surface area contributed by atoms with Crippen molar-refractivity contribution in [2.45, 2.75) is 122 Å². The lowest BCUT2D eigenvalue weighted by Crippen LogP contribution is -2.72. The second-order valence-electron chi connectivity index (χ2n) is 15.6. The van der Waals surface area contributed by atoms with E-state index in [1.807, 2.05) is 0 Å². The third kappa shape index (κ3) is 6.34. The van der Waals surface area contributed by atoms with E-state index in [0.29, 0.717) is 12.0 Å². The first-order valence-electron chi connectivity index (χ1n) is 17.9. The second-order valence-corrected chi connectivity index (χ2v) is 15.6. The van der Waals surface area contributed by atoms with Gasteiger partial charge in [0.05, 0.1) is 50.1 Å². The molecule has 4 fully saturated rings. The standard InChI is InChI=1S/C38H50O16/c1-10-19(2)30(43)33(44)53-32-31(49-18-39)29(20(3)38(46)26(51-21(4)40)13-24(36(32,38)8)23-11-12-48-16-23)35(7)25(14-28(42)47-9)34(6)17-50-37(45,54-34)15-27(35)52-22(5)41/h11-12,16,18-19,24-27,29,31-32,45-46H,3,10,13-15,17H2,1-2,4-9H3. The third-order valence-electron chi connectivity index (χ3n) is 12.7. The Morgan fingerprint density at radius 1 is 1.06 bits per heavy atom. The van der Waals surface area contributed by atoms with Crippen LogP contribution in [0.1, 0.15) is 85.6 Å². The van der Waals surface area contributed by atoms with E-state index in [-0.39, 0.29) is 25.1 Å². The van der Waals surface area contributed by atoms with Gasteiger partial charge in [0, 0.05) is 42.9 Å². The number of carbonyl (C=O) groups excluding carboxylic acids is 6. The Morgan fingerprint density at radius 3 is 2.26 bits per heavy atom. The molecule has 13 unspecified atom stereocenters. The van der Waals surface area contributed by atoms with Gasteiger partial charge in [-0.25, -0.2) is 4.79 Å². The van der Waals surface area contributed by atoms with E-state index in [1.165, 1.54) is 19.6 Å². The van der Waals surface area contributed by atoms with Gasteiger partial charge in [-0.1, -0.05) is 34.3 Å². The van der Waals surface area contributed by atoms with E-state index in [0.717, 1.165) is 13.8 Å². The number of aliphatic hydroxyl groups is 2. The van der Waals surface area contributed by atoms with Gasteiger partial charge in [0.2, 0.25) is 5.78 Å². The van der Waals surface area contributed by atoms with Gasteiger partial charge in [-0.3, -0.25) is 24.0 Å². The molecule has 54 heavy (non-hydrogen) atoms. The van der Waals surface area contributed by atoms with Crippen molar-refractivity contribution in [3.63, 3.8) is 0 Å². The predicted molar refractivity (Wildman–Crippen MR) is 181 cm³/mol. The summed E-state index contributed by atoms with van der Waals surface area (Å²) in [5.41, 5.74) is -7.01.